The van der Waals surface area contributed by atoms with Gasteiger partial charge in [-0.05, 0) is 45.5 Å². The zero-order valence-corrected chi connectivity index (χ0v) is 14.6. The molecule has 1 aromatic carbocycles. The summed E-state index contributed by atoms with van der Waals surface area (Å²) >= 11 is 0. The fraction of sp³-hybridized carbons (Fsp3) is 0.471. The van der Waals surface area contributed by atoms with Crippen LogP contribution < -0.4 is 16.0 Å². The minimum absolute atomic E-state index is 0.115. The van der Waals surface area contributed by atoms with Crippen LogP contribution >= 0.6 is 0 Å². The number of urea groups is 1. The molecule has 0 fully saturated rings. The Kier molecular flexibility index (Phi) is 6.31. The maximum absolute atomic E-state index is 11.6. The van der Waals surface area contributed by atoms with Crippen molar-refractivity contribution < 1.29 is 9.32 Å². The highest BCUT2D eigenvalue weighted by molar-refractivity contribution is 5.74. The van der Waals surface area contributed by atoms with E-state index < -0.39 is 0 Å². The summed E-state index contributed by atoms with van der Waals surface area (Å²) < 4.78 is 5.31. The Morgan fingerprint density at radius 2 is 1.92 bits per heavy atom. The molecule has 0 aliphatic carbocycles. The Hall–Kier alpha value is -2.41. The van der Waals surface area contributed by atoms with Crippen LogP contribution in [0.5, 0.6) is 0 Å². The largest absolute Gasteiger partial charge is 0.336 e. The number of aromatic nitrogens is 2. The van der Waals surface area contributed by atoms with Crippen LogP contribution in [0.15, 0.2) is 28.8 Å². The van der Waals surface area contributed by atoms with E-state index in [1.807, 2.05) is 45.2 Å². The Morgan fingerprint density at radius 1 is 1.21 bits per heavy atom. The molecular weight excluding hydrogens is 306 g/mol. The van der Waals surface area contributed by atoms with Gasteiger partial charge in [-0.25, -0.2) is 4.79 Å². The number of carbonyl (C=O) groups is 1. The number of hydrogen-bond acceptors (Lipinski definition) is 5. The standard InChI is InChI=1S/C17H25N5O2/c1-11(2)20-17(23)19-10-13-5-7-14(8-6-13)16-21-15(22-24-16)9-12(3)18-4/h5-8,11-12,18H,9-10H2,1-4H3,(H2,19,20,23). The van der Waals surface area contributed by atoms with Gasteiger partial charge in [-0.2, -0.15) is 4.98 Å². The molecule has 2 rings (SSSR count). The highest BCUT2D eigenvalue weighted by Crippen LogP contribution is 2.18. The lowest BCUT2D eigenvalue weighted by Crippen LogP contribution is -2.39. The summed E-state index contributed by atoms with van der Waals surface area (Å²) in [7, 11) is 1.90. The molecule has 0 aliphatic rings. The molecule has 0 radical (unpaired) electrons. The molecule has 7 heteroatoms. The van der Waals surface area contributed by atoms with Crippen LogP contribution in [0.3, 0.4) is 0 Å². The van der Waals surface area contributed by atoms with Crippen molar-refractivity contribution in [2.75, 3.05) is 7.05 Å². The second-order valence-corrected chi connectivity index (χ2v) is 6.09. The van der Waals surface area contributed by atoms with E-state index in [-0.39, 0.29) is 12.1 Å². The van der Waals surface area contributed by atoms with E-state index in [1.54, 1.807) is 0 Å². The zero-order chi connectivity index (χ0) is 17.5. The van der Waals surface area contributed by atoms with Gasteiger partial charge in [0.1, 0.15) is 0 Å². The van der Waals surface area contributed by atoms with Gasteiger partial charge in [0.15, 0.2) is 5.82 Å². The summed E-state index contributed by atoms with van der Waals surface area (Å²) in [6, 6.07) is 7.93. The van der Waals surface area contributed by atoms with Gasteiger partial charge in [0.2, 0.25) is 0 Å². The lowest BCUT2D eigenvalue weighted by molar-refractivity contribution is 0.238. The van der Waals surface area contributed by atoms with Gasteiger partial charge >= 0.3 is 6.03 Å². The molecule has 1 atom stereocenters. The smallest absolute Gasteiger partial charge is 0.315 e. The molecule has 24 heavy (non-hydrogen) atoms. The van der Waals surface area contributed by atoms with Crippen molar-refractivity contribution in [3.8, 4) is 11.5 Å². The molecule has 0 bridgehead atoms. The summed E-state index contributed by atoms with van der Waals surface area (Å²) in [5.74, 6) is 1.19. The first kappa shape index (κ1) is 17.9. The predicted octanol–water partition coefficient (Wildman–Crippen LogP) is 2.09. The van der Waals surface area contributed by atoms with E-state index in [0.29, 0.717) is 30.7 Å². The molecule has 1 heterocycles. The normalized spacial score (nSPS) is 12.2. The highest BCUT2D eigenvalue weighted by atomic mass is 16.5. The summed E-state index contributed by atoms with van der Waals surface area (Å²) in [6.45, 7) is 6.37. The predicted molar refractivity (Wildman–Crippen MR) is 92.5 cm³/mol. The van der Waals surface area contributed by atoms with Gasteiger partial charge < -0.3 is 20.5 Å². The first-order chi connectivity index (χ1) is 11.5. The Balaban J connectivity index is 1.93. The van der Waals surface area contributed by atoms with Crippen molar-refractivity contribution in [2.45, 2.75) is 45.8 Å². The lowest BCUT2D eigenvalue weighted by Gasteiger charge is -2.10. The number of benzene rings is 1. The summed E-state index contributed by atoms with van der Waals surface area (Å²) in [4.78, 5) is 16.0. The van der Waals surface area contributed by atoms with Gasteiger partial charge in [0, 0.05) is 30.6 Å². The number of amides is 2. The SMILES string of the molecule is CNC(C)Cc1noc(-c2ccc(CNC(=O)NC(C)C)cc2)n1. The maximum atomic E-state index is 11.6. The molecule has 1 aromatic heterocycles. The summed E-state index contributed by atoms with van der Waals surface area (Å²) in [6.07, 6.45) is 0.715. The van der Waals surface area contributed by atoms with Gasteiger partial charge in [0.05, 0.1) is 0 Å². The molecule has 0 aliphatic heterocycles. The second-order valence-electron chi connectivity index (χ2n) is 6.09. The van der Waals surface area contributed by atoms with Crippen molar-refractivity contribution in [3.63, 3.8) is 0 Å². The van der Waals surface area contributed by atoms with Crippen LogP contribution in [0.25, 0.3) is 11.5 Å². The maximum Gasteiger partial charge on any atom is 0.315 e. The van der Waals surface area contributed by atoms with E-state index in [1.165, 1.54) is 0 Å². The van der Waals surface area contributed by atoms with E-state index in [4.69, 9.17) is 4.52 Å². The molecule has 0 saturated carbocycles. The van der Waals surface area contributed by atoms with Crippen LogP contribution in [0.1, 0.15) is 32.2 Å². The molecular formula is C17H25N5O2. The fourth-order valence-electron chi connectivity index (χ4n) is 2.09. The fourth-order valence-corrected chi connectivity index (χ4v) is 2.09. The van der Waals surface area contributed by atoms with Gasteiger partial charge in [-0.1, -0.05) is 17.3 Å². The molecule has 1 unspecified atom stereocenters. The van der Waals surface area contributed by atoms with Gasteiger partial charge in [-0.3, -0.25) is 0 Å². The van der Waals surface area contributed by atoms with Crippen molar-refractivity contribution in [1.82, 2.24) is 26.1 Å². The van der Waals surface area contributed by atoms with Crippen molar-refractivity contribution in [1.29, 1.82) is 0 Å². The quantitative estimate of drug-likeness (QED) is 0.722. The van der Waals surface area contributed by atoms with E-state index in [0.717, 1.165) is 11.1 Å². The number of nitrogens with zero attached hydrogens (tertiary/aromatic N) is 2. The van der Waals surface area contributed by atoms with Crippen LogP contribution in [0.2, 0.25) is 0 Å². The Labute approximate surface area is 142 Å². The molecule has 0 spiro atoms. The van der Waals surface area contributed by atoms with Crippen molar-refractivity contribution in [2.24, 2.45) is 0 Å². The topological polar surface area (TPSA) is 92.1 Å². The molecule has 7 nitrogen and oxygen atoms in total. The Morgan fingerprint density at radius 3 is 2.54 bits per heavy atom. The Bertz CT molecular complexity index is 651. The molecule has 2 aromatic rings. The summed E-state index contributed by atoms with van der Waals surface area (Å²) in [5.41, 5.74) is 1.86. The average molecular weight is 331 g/mol. The van der Waals surface area contributed by atoms with Gasteiger partial charge in [-0.15, -0.1) is 0 Å². The number of rotatable bonds is 7. The van der Waals surface area contributed by atoms with Crippen LogP contribution in [0.4, 0.5) is 4.79 Å². The average Bonchev–Trinajstić information content (AvgIpc) is 3.01. The highest BCUT2D eigenvalue weighted by Gasteiger charge is 2.11. The van der Waals surface area contributed by atoms with E-state index >= 15 is 0 Å². The molecule has 0 saturated heterocycles. The lowest BCUT2D eigenvalue weighted by atomic mass is 10.1. The van der Waals surface area contributed by atoms with Gasteiger partial charge in [0.25, 0.3) is 5.89 Å². The molecule has 3 N–H and O–H groups in total. The third-order valence-corrected chi connectivity index (χ3v) is 3.52. The number of likely N-dealkylation sites (N-methyl/N-ethyl adjacent to an activating group) is 1. The van der Waals surface area contributed by atoms with E-state index in [2.05, 4.69) is 33.0 Å². The van der Waals surface area contributed by atoms with Crippen molar-refractivity contribution >= 4 is 6.03 Å². The zero-order valence-electron chi connectivity index (χ0n) is 14.6. The number of carbonyl (C=O) groups excluding carboxylic acids is 1. The molecule has 130 valence electrons. The van der Waals surface area contributed by atoms with Crippen LogP contribution in [0, 0.1) is 0 Å². The number of hydrogen-bond donors (Lipinski definition) is 3. The minimum Gasteiger partial charge on any atom is -0.336 e. The summed E-state index contributed by atoms with van der Waals surface area (Å²) in [5, 5.41) is 12.7. The first-order valence-corrected chi connectivity index (χ1v) is 8.11. The number of nitrogens with one attached hydrogen (secondary N) is 3. The van der Waals surface area contributed by atoms with Crippen LogP contribution in [-0.4, -0.2) is 35.3 Å². The van der Waals surface area contributed by atoms with Crippen LogP contribution in [-0.2, 0) is 13.0 Å². The monoisotopic (exact) mass is 331 g/mol. The molecule has 2 amide bonds. The minimum atomic E-state index is -0.172. The first-order valence-electron chi connectivity index (χ1n) is 8.11. The third kappa shape index (κ3) is 5.34. The van der Waals surface area contributed by atoms with Crippen molar-refractivity contribution in [3.05, 3.63) is 35.7 Å². The van der Waals surface area contributed by atoms with E-state index in [9.17, 15) is 4.79 Å². The second kappa shape index (κ2) is 8.44. The third-order valence-electron chi connectivity index (χ3n) is 3.52.